The summed E-state index contributed by atoms with van der Waals surface area (Å²) in [7, 11) is 1.32. The lowest BCUT2D eigenvalue weighted by molar-refractivity contribution is -0.142. The van der Waals surface area contributed by atoms with E-state index in [1.807, 2.05) is 12.1 Å². The van der Waals surface area contributed by atoms with Gasteiger partial charge in [-0.25, -0.2) is 0 Å². The van der Waals surface area contributed by atoms with E-state index in [9.17, 15) is 4.79 Å². The summed E-state index contributed by atoms with van der Waals surface area (Å²) in [6, 6.07) is 6.60. The van der Waals surface area contributed by atoms with Crippen molar-refractivity contribution in [1.29, 1.82) is 0 Å². The monoisotopic (exact) mass is 213 g/mol. The van der Waals surface area contributed by atoms with Crippen LogP contribution in [0, 0.1) is 0 Å². The molecule has 0 heterocycles. The lowest BCUT2D eigenvalue weighted by Gasteiger charge is -2.08. The van der Waals surface area contributed by atoms with E-state index in [4.69, 9.17) is 17.3 Å². The Morgan fingerprint density at radius 3 is 2.57 bits per heavy atom. The quantitative estimate of drug-likeness (QED) is 0.772. The normalized spacial score (nSPS) is 12.2. The van der Waals surface area contributed by atoms with Crippen LogP contribution in [-0.2, 0) is 16.0 Å². The highest BCUT2D eigenvalue weighted by molar-refractivity contribution is 6.30. The highest BCUT2D eigenvalue weighted by Gasteiger charge is 2.13. The predicted molar refractivity (Wildman–Crippen MR) is 55.1 cm³/mol. The summed E-state index contributed by atoms with van der Waals surface area (Å²) in [6.45, 7) is 0. The van der Waals surface area contributed by atoms with Crippen molar-refractivity contribution in [1.82, 2.24) is 0 Å². The summed E-state index contributed by atoms with van der Waals surface area (Å²) in [6.07, 6.45) is 0.462. The summed E-state index contributed by atoms with van der Waals surface area (Å²) in [5.74, 6) is -0.403. The van der Waals surface area contributed by atoms with Crippen LogP contribution in [0.5, 0.6) is 0 Å². The van der Waals surface area contributed by atoms with Gasteiger partial charge in [-0.2, -0.15) is 0 Å². The van der Waals surface area contributed by atoms with Gasteiger partial charge in [-0.3, -0.25) is 4.79 Å². The van der Waals surface area contributed by atoms with Gasteiger partial charge < -0.3 is 10.5 Å². The molecule has 1 aromatic rings. The van der Waals surface area contributed by atoms with Gasteiger partial charge in [-0.05, 0) is 24.1 Å². The maximum absolute atomic E-state index is 11.0. The van der Waals surface area contributed by atoms with Gasteiger partial charge in [0.1, 0.15) is 6.04 Å². The number of benzene rings is 1. The summed E-state index contributed by atoms with van der Waals surface area (Å²) in [4.78, 5) is 11.0. The molecule has 0 saturated carbocycles. The molecule has 1 rings (SSSR count). The van der Waals surface area contributed by atoms with Gasteiger partial charge in [0.2, 0.25) is 0 Å². The lowest BCUT2D eigenvalue weighted by Crippen LogP contribution is -2.33. The van der Waals surface area contributed by atoms with E-state index in [2.05, 4.69) is 4.74 Å². The van der Waals surface area contributed by atoms with Crippen molar-refractivity contribution >= 4 is 17.6 Å². The molecule has 0 aromatic heterocycles. The lowest BCUT2D eigenvalue weighted by atomic mass is 10.1. The number of carbonyl (C=O) groups is 1. The fraction of sp³-hybridized carbons (Fsp3) is 0.300. The molecule has 0 aliphatic rings. The first-order chi connectivity index (χ1) is 6.63. The number of hydrogen-bond donors (Lipinski definition) is 1. The molecule has 0 aliphatic heterocycles. The molecule has 0 aliphatic carbocycles. The van der Waals surface area contributed by atoms with Gasteiger partial charge in [-0.1, -0.05) is 23.7 Å². The minimum absolute atomic E-state index is 0.403. The van der Waals surface area contributed by atoms with Gasteiger partial charge in [0.25, 0.3) is 0 Å². The van der Waals surface area contributed by atoms with Crippen molar-refractivity contribution < 1.29 is 9.53 Å². The molecule has 0 fully saturated rings. The Balaban J connectivity index is 2.60. The van der Waals surface area contributed by atoms with E-state index in [0.29, 0.717) is 11.4 Å². The van der Waals surface area contributed by atoms with Crippen LogP contribution in [0.4, 0.5) is 0 Å². The minimum Gasteiger partial charge on any atom is -0.468 e. The summed E-state index contributed by atoms with van der Waals surface area (Å²) < 4.78 is 4.52. The molecule has 0 saturated heterocycles. The number of esters is 1. The third-order valence-electron chi connectivity index (χ3n) is 1.87. The second-order valence-electron chi connectivity index (χ2n) is 2.96. The molecule has 76 valence electrons. The largest absolute Gasteiger partial charge is 0.468 e. The van der Waals surface area contributed by atoms with E-state index >= 15 is 0 Å². The molecular weight excluding hydrogens is 202 g/mol. The Morgan fingerprint density at radius 1 is 1.50 bits per heavy atom. The molecule has 3 nitrogen and oxygen atoms in total. The van der Waals surface area contributed by atoms with Crippen molar-refractivity contribution in [3.63, 3.8) is 0 Å². The molecule has 0 bridgehead atoms. The smallest absolute Gasteiger partial charge is 0.322 e. The SMILES string of the molecule is COC(=O)[C@@H](N)Cc1ccc(Cl)cc1. The molecule has 1 aromatic carbocycles. The Labute approximate surface area is 87.8 Å². The van der Waals surface area contributed by atoms with Crippen molar-refractivity contribution in [2.75, 3.05) is 7.11 Å². The Bertz CT molecular complexity index is 310. The zero-order chi connectivity index (χ0) is 10.6. The van der Waals surface area contributed by atoms with Crippen LogP contribution in [0.3, 0.4) is 0 Å². The fourth-order valence-corrected chi connectivity index (χ4v) is 1.24. The molecule has 14 heavy (non-hydrogen) atoms. The molecule has 2 N–H and O–H groups in total. The molecule has 4 heteroatoms. The Hall–Kier alpha value is -1.06. The summed E-state index contributed by atoms with van der Waals surface area (Å²) in [5, 5.41) is 0.667. The van der Waals surface area contributed by atoms with Crippen molar-refractivity contribution in [2.45, 2.75) is 12.5 Å². The third-order valence-corrected chi connectivity index (χ3v) is 2.12. The van der Waals surface area contributed by atoms with E-state index < -0.39 is 12.0 Å². The van der Waals surface area contributed by atoms with Crippen LogP contribution in [0.25, 0.3) is 0 Å². The summed E-state index contributed by atoms with van der Waals surface area (Å²) >= 11 is 5.72. The molecule has 1 atom stereocenters. The molecule has 0 unspecified atom stereocenters. The molecule has 0 radical (unpaired) electrons. The maximum Gasteiger partial charge on any atom is 0.322 e. The number of hydrogen-bond acceptors (Lipinski definition) is 3. The molecule has 0 amide bonds. The summed E-state index contributed by atoms with van der Waals surface area (Å²) in [5.41, 5.74) is 6.56. The van der Waals surface area contributed by atoms with Crippen LogP contribution in [-0.4, -0.2) is 19.1 Å². The standard InChI is InChI=1S/C10H12ClNO2/c1-14-10(13)9(12)6-7-2-4-8(11)5-3-7/h2-5,9H,6,12H2,1H3/t9-/m0/s1. The van der Waals surface area contributed by atoms with Gasteiger partial charge in [0, 0.05) is 5.02 Å². The van der Waals surface area contributed by atoms with Crippen LogP contribution < -0.4 is 5.73 Å². The topological polar surface area (TPSA) is 52.3 Å². The van der Waals surface area contributed by atoms with E-state index in [-0.39, 0.29) is 0 Å². The average Bonchev–Trinajstić information content (AvgIpc) is 2.20. The number of halogens is 1. The van der Waals surface area contributed by atoms with Crippen molar-refractivity contribution in [3.8, 4) is 0 Å². The van der Waals surface area contributed by atoms with Crippen molar-refractivity contribution in [3.05, 3.63) is 34.9 Å². The number of carbonyl (C=O) groups excluding carboxylic acids is 1. The first-order valence-corrected chi connectivity index (χ1v) is 4.59. The second-order valence-corrected chi connectivity index (χ2v) is 3.40. The Kier molecular flexibility index (Phi) is 3.92. The highest BCUT2D eigenvalue weighted by Crippen LogP contribution is 2.10. The number of nitrogens with two attached hydrogens (primary N) is 1. The van der Waals surface area contributed by atoms with Crippen LogP contribution in [0.2, 0.25) is 5.02 Å². The van der Waals surface area contributed by atoms with Gasteiger partial charge in [0.15, 0.2) is 0 Å². The second kappa shape index (κ2) is 4.98. The van der Waals surface area contributed by atoms with Gasteiger partial charge in [-0.15, -0.1) is 0 Å². The van der Waals surface area contributed by atoms with Crippen LogP contribution >= 0.6 is 11.6 Å². The van der Waals surface area contributed by atoms with E-state index in [1.165, 1.54) is 7.11 Å². The van der Waals surface area contributed by atoms with Crippen LogP contribution in [0.1, 0.15) is 5.56 Å². The minimum atomic E-state index is -0.610. The van der Waals surface area contributed by atoms with E-state index in [0.717, 1.165) is 5.56 Å². The number of rotatable bonds is 3. The zero-order valence-electron chi connectivity index (χ0n) is 7.87. The van der Waals surface area contributed by atoms with Crippen molar-refractivity contribution in [2.24, 2.45) is 5.73 Å². The average molecular weight is 214 g/mol. The van der Waals surface area contributed by atoms with E-state index in [1.54, 1.807) is 12.1 Å². The molecule has 0 spiro atoms. The predicted octanol–water partition coefficient (Wildman–Crippen LogP) is 1.38. The van der Waals surface area contributed by atoms with Crippen LogP contribution in [0.15, 0.2) is 24.3 Å². The van der Waals surface area contributed by atoms with Gasteiger partial charge >= 0.3 is 5.97 Å². The first kappa shape index (κ1) is 11.0. The van der Waals surface area contributed by atoms with Gasteiger partial charge in [0.05, 0.1) is 7.11 Å². The third kappa shape index (κ3) is 3.01. The fourth-order valence-electron chi connectivity index (χ4n) is 1.11. The number of methoxy groups -OCH3 is 1. The maximum atomic E-state index is 11.0. The highest BCUT2D eigenvalue weighted by atomic mass is 35.5. The Morgan fingerprint density at radius 2 is 2.07 bits per heavy atom. The number of ether oxygens (including phenoxy) is 1. The molecular formula is C10H12ClNO2. The first-order valence-electron chi connectivity index (χ1n) is 4.21. The zero-order valence-corrected chi connectivity index (χ0v) is 8.62.